The van der Waals surface area contributed by atoms with E-state index < -0.39 is 12.0 Å². The summed E-state index contributed by atoms with van der Waals surface area (Å²) in [6.45, 7) is 3.52. The van der Waals surface area contributed by atoms with Crippen LogP contribution in [0.2, 0.25) is 0 Å². The number of ether oxygens (including phenoxy) is 1. The van der Waals surface area contributed by atoms with Crippen molar-refractivity contribution in [2.75, 3.05) is 7.11 Å². The fourth-order valence-corrected chi connectivity index (χ4v) is 2.55. The lowest BCUT2D eigenvalue weighted by Gasteiger charge is -2.18. The first-order chi connectivity index (χ1) is 10.9. The van der Waals surface area contributed by atoms with Crippen LogP contribution in [0.3, 0.4) is 0 Å². The molecule has 0 spiro atoms. The van der Waals surface area contributed by atoms with Gasteiger partial charge in [0.05, 0.1) is 25.1 Å². The van der Waals surface area contributed by atoms with Crippen molar-refractivity contribution < 1.29 is 18.7 Å². The number of carbonyl (C=O) groups excluding carboxylic acids is 2. The third kappa shape index (κ3) is 4.45. The van der Waals surface area contributed by atoms with Crippen LogP contribution < -0.4 is 5.32 Å². The number of rotatable bonds is 5. The zero-order valence-electron chi connectivity index (χ0n) is 13.2. The van der Waals surface area contributed by atoms with Crippen molar-refractivity contribution in [3.05, 3.63) is 57.5 Å². The molecule has 23 heavy (non-hydrogen) atoms. The summed E-state index contributed by atoms with van der Waals surface area (Å²) in [4.78, 5) is 24.1. The SMILES string of the molecule is COC(=O)CC(NC(=O)c1cc(C)oc1C)c1ccc(Br)cc1. The van der Waals surface area contributed by atoms with Crippen molar-refractivity contribution in [2.24, 2.45) is 0 Å². The number of methoxy groups -OCH3 is 1. The Kier molecular flexibility index (Phi) is 5.60. The molecule has 0 radical (unpaired) electrons. The van der Waals surface area contributed by atoms with E-state index in [4.69, 9.17) is 9.15 Å². The molecule has 6 heteroatoms. The molecule has 0 saturated heterocycles. The van der Waals surface area contributed by atoms with Crippen LogP contribution in [-0.2, 0) is 9.53 Å². The van der Waals surface area contributed by atoms with Crippen molar-refractivity contribution in [2.45, 2.75) is 26.3 Å². The molecular formula is C17H18BrNO4. The smallest absolute Gasteiger partial charge is 0.307 e. The van der Waals surface area contributed by atoms with E-state index in [0.717, 1.165) is 10.0 Å². The highest BCUT2D eigenvalue weighted by Crippen LogP contribution is 2.22. The van der Waals surface area contributed by atoms with Crippen LogP contribution in [-0.4, -0.2) is 19.0 Å². The van der Waals surface area contributed by atoms with Gasteiger partial charge in [0, 0.05) is 4.47 Å². The first-order valence-corrected chi connectivity index (χ1v) is 7.90. The van der Waals surface area contributed by atoms with Gasteiger partial charge in [-0.2, -0.15) is 0 Å². The molecule has 0 aliphatic heterocycles. The predicted molar refractivity (Wildman–Crippen MR) is 89.2 cm³/mol. The lowest BCUT2D eigenvalue weighted by Crippen LogP contribution is -2.30. The highest BCUT2D eigenvalue weighted by Gasteiger charge is 2.22. The van der Waals surface area contributed by atoms with Crippen LogP contribution >= 0.6 is 15.9 Å². The third-order valence-electron chi connectivity index (χ3n) is 3.46. The highest BCUT2D eigenvalue weighted by molar-refractivity contribution is 9.10. The predicted octanol–water partition coefficient (Wildman–Crippen LogP) is 3.69. The summed E-state index contributed by atoms with van der Waals surface area (Å²) in [6.07, 6.45) is 0.0553. The number of hydrogen-bond donors (Lipinski definition) is 1. The van der Waals surface area contributed by atoms with Crippen LogP contribution in [0.25, 0.3) is 0 Å². The number of carbonyl (C=O) groups is 2. The van der Waals surface area contributed by atoms with E-state index in [9.17, 15) is 9.59 Å². The van der Waals surface area contributed by atoms with E-state index >= 15 is 0 Å². The van der Waals surface area contributed by atoms with E-state index in [1.54, 1.807) is 19.9 Å². The molecule has 1 unspecified atom stereocenters. The molecule has 0 aliphatic rings. The average Bonchev–Trinajstić information content (AvgIpc) is 2.86. The second kappa shape index (κ2) is 7.46. The van der Waals surface area contributed by atoms with Gasteiger partial charge in [-0.1, -0.05) is 28.1 Å². The van der Waals surface area contributed by atoms with E-state index in [-0.39, 0.29) is 12.3 Å². The molecule has 0 aliphatic carbocycles. The number of esters is 1. The Balaban J connectivity index is 2.23. The van der Waals surface area contributed by atoms with Crippen molar-refractivity contribution >= 4 is 27.8 Å². The minimum atomic E-state index is -0.474. The number of furan rings is 1. The third-order valence-corrected chi connectivity index (χ3v) is 3.99. The summed E-state index contributed by atoms with van der Waals surface area (Å²) in [6, 6.07) is 8.63. The molecule has 2 rings (SSSR count). The van der Waals surface area contributed by atoms with Gasteiger partial charge in [-0.25, -0.2) is 0 Å². The van der Waals surface area contributed by atoms with Gasteiger partial charge in [0.2, 0.25) is 0 Å². The highest BCUT2D eigenvalue weighted by atomic mass is 79.9. The van der Waals surface area contributed by atoms with Gasteiger partial charge in [-0.15, -0.1) is 0 Å². The van der Waals surface area contributed by atoms with Gasteiger partial charge in [-0.05, 0) is 37.6 Å². The van der Waals surface area contributed by atoms with Crippen molar-refractivity contribution in [1.82, 2.24) is 5.32 Å². The molecule has 1 aromatic carbocycles. The minimum absolute atomic E-state index is 0.0553. The van der Waals surface area contributed by atoms with E-state index in [2.05, 4.69) is 21.2 Å². The van der Waals surface area contributed by atoms with Crippen LogP contribution in [0, 0.1) is 13.8 Å². The number of hydrogen-bond acceptors (Lipinski definition) is 4. The Morgan fingerprint density at radius 2 is 1.91 bits per heavy atom. The molecule has 1 atom stereocenters. The second-order valence-electron chi connectivity index (χ2n) is 5.18. The number of nitrogens with one attached hydrogen (secondary N) is 1. The molecule has 0 saturated carbocycles. The maximum atomic E-state index is 12.5. The maximum Gasteiger partial charge on any atom is 0.307 e. The topological polar surface area (TPSA) is 68.5 Å². The van der Waals surface area contributed by atoms with Gasteiger partial charge in [0.15, 0.2) is 0 Å². The standard InChI is InChI=1S/C17H18BrNO4/c1-10-8-14(11(2)23-10)17(21)19-15(9-16(20)22-3)12-4-6-13(18)7-5-12/h4-8,15H,9H2,1-3H3,(H,19,21). The Labute approximate surface area is 143 Å². The summed E-state index contributed by atoms with van der Waals surface area (Å²) < 4.78 is 11.0. The van der Waals surface area contributed by atoms with Gasteiger partial charge in [0.1, 0.15) is 11.5 Å². The van der Waals surface area contributed by atoms with E-state index in [1.165, 1.54) is 7.11 Å². The number of benzene rings is 1. The maximum absolute atomic E-state index is 12.5. The number of halogens is 1. The van der Waals surface area contributed by atoms with Gasteiger partial charge in [0.25, 0.3) is 5.91 Å². The molecular weight excluding hydrogens is 362 g/mol. The largest absolute Gasteiger partial charge is 0.469 e. The molecule has 5 nitrogen and oxygen atoms in total. The molecule has 0 fully saturated rings. The Morgan fingerprint density at radius 3 is 2.43 bits per heavy atom. The second-order valence-corrected chi connectivity index (χ2v) is 6.10. The van der Waals surface area contributed by atoms with Crippen molar-refractivity contribution in [3.8, 4) is 0 Å². The monoisotopic (exact) mass is 379 g/mol. The van der Waals surface area contributed by atoms with Gasteiger partial charge < -0.3 is 14.5 Å². The minimum Gasteiger partial charge on any atom is -0.469 e. The summed E-state index contributed by atoms with van der Waals surface area (Å²) in [5.41, 5.74) is 1.29. The van der Waals surface area contributed by atoms with E-state index in [1.807, 2.05) is 24.3 Å². The molecule has 1 N–H and O–H groups in total. The Hall–Kier alpha value is -2.08. The molecule has 2 aromatic rings. The van der Waals surface area contributed by atoms with Crippen LogP contribution in [0.15, 0.2) is 39.2 Å². The molecule has 1 aromatic heterocycles. The molecule has 1 amide bonds. The van der Waals surface area contributed by atoms with Crippen molar-refractivity contribution in [3.63, 3.8) is 0 Å². The Bertz CT molecular complexity index is 706. The first-order valence-electron chi connectivity index (χ1n) is 7.11. The van der Waals surface area contributed by atoms with Gasteiger partial charge in [-0.3, -0.25) is 9.59 Å². The summed E-state index contributed by atoms with van der Waals surface area (Å²) in [5.74, 6) is 0.544. The lowest BCUT2D eigenvalue weighted by atomic mass is 10.0. The van der Waals surface area contributed by atoms with Crippen LogP contribution in [0.1, 0.15) is 39.9 Å². The lowest BCUT2D eigenvalue weighted by molar-refractivity contribution is -0.141. The number of amides is 1. The van der Waals surface area contributed by atoms with Crippen LogP contribution in [0.4, 0.5) is 0 Å². The zero-order valence-corrected chi connectivity index (χ0v) is 14.8. The fourth-order valence-electron chi connectivity index (χ4n) is 2.29. The first kappa shape index (κ1) is 17.3. The number of aryl methyl sites for hydroxylation is 2. The molecule has 122 valence electrons. The normalized spacial score (nSPS) is 11.8. The summed E-state index contributed by atoms with van der Waals surface area (Å²) in [5, 5.41) is 2.87. The summed E-state index contributed by atoms with van der Waals surface area (Å²) in [7, 11) is 1.33. The quantitative estimate of drug-likeness (QED) is 0.804. The average molecular weight is 380 g/mol. The van der Waals surface area contributed by atoms with Crippen molar-refractivity contribution in [1.29, 1.82) is 0 Å². The van der Waals surface area contributed by atoms with E-state index in [0.29, 0.717) is 17.1 Å². The van der Waals surface area contributed by atoms with Gasteiger partial charge >= 0.3 is 5.97 Å². The molecule has 1 heterocycles. The van der Waals surface area contributed by atoms with Crippen LogP contribution in [0.5, 0.6) is 0 Å². The molecule has 0 bridgehead atoms. The fraction of sp³-hybridized carbons (Fsp3) is 0.294. The zero-order chi connectivity index (χ0) is 17.0. The summed E-state index contributed by atoms with van der Waals surface area (Å²) >= 11 is 3.37. The Morgan fingerprint density at radius 1 is 1.26 bits per heavy atom.